The Morgan fingerprint density at radius 1 is 1.14 bits per heavy atom. The van der Waals surface area contributed by atoms with E-state index < -0.39 is 17.5 Å². The number of anilines is 1. The average Bonchev–Trinajstić information content (AvgIpc) is 2.97. The fraction of sp³-hybridized carbons (Fsp3) is 0.318. The summed E-state index contributed by atoms with van der Waals surface area (Å²) >= 11 is 0. The number of hydrogen-bond acceptors (Lipinski definition) is 4. The first-order valence-electron chi connectivity index (χ1n) is 9.61. The van der Waals surface area contributed by atoms with Crippen LogP contribution in [0.2, 0.25) is 0 Å². The second-order valence-corrected chi connectivity index (χ2v) is 7.43. The highest BCUT2D eigenvalue weighted by Crippen LogP contribution is 2.36. The van der Waals surface area contributed by atoms with E-state index in [-0.39, 0.29) is 12.5 Å². The van der Waals surface area contributed by atoms with Crippen LogP contribution < -0.4 is 15.0 Å². The lowest BCUT2D eigenvalue weighted by Crippen LogP contribution is -2.46. The third kappa shape index (κ3) is 3.12. The van der Waals surface area contributed by atoms with Crippen molar-refractivity contribution in [3.8, 4) is 5.75 Å². The van der Waals surface area contributed by atoms with Crippen molar-refractivity contribution in [2.75, 3.05) is 25.1 Å². The van der Waals surface area contributed by atoms with E-state index in [9.17, 15) is 14.4 Å². The molecule has 29 heavy (non-hydrogen) atoms. The van der Waals surface area contributed by atoms with Crippen LogP contribution in [0.5, 0.6) is 5.75 Å². The van der Waals surface area contributed by atoms with Gasteiger partial charge in [0.25, 0.3) is 5.91 Å². The number of urea groups is 1. The highest BCUT2D eigenvalue weighted by atomic mass is 16.5. The molecule has 2 aliphatic heterocycles. The van der Waals surface area contributed by atoms with E-state index in [1.54, 1.807) is 31.1 Å². The molecule has 0 spiro atoms. The first kappa shape index (κ1) is 19.0. The molecule has 2 aromatic rings. The van der Waals surface area contributed by atoms with Crippen LogP contribution in [0, 0.1) is 0 Å². The van der Waals surface area contributed by atoms with Crippen molar-refractivity contribution in [3.05, 3.63) is 59.7 Å². The summed E-state index contributed by atoms with van der Waals surface area (Å²) in [7, 11) is 1.57. The van der Waals surface area contributed by atoms with Gasteiger partial charge in [-0.25, -0.2) is 4.79 Å². The summed E-state index contributed by atoms with van der Waals surface area (Å²) in [5.41, 5.74) is 1.24. The van der Waals surface area contributed by atoms with Gasteiger partial charge in [0.1, 0.15) is 17.8 Å². The molecule has 1 fully saturated rings. The van der Waals surface area contributed by atoms with Crippen LogP contribution in [0.25, 0.3) is 0 Å². The standard InChI is InChI=1S/C22H23N3O4/c1-22(16-10-4-3-5-11-16)20(27)25(21(28)23-22)14-18(26)24-13-7-9-15-8-6-12-17(29-2)19(15)24/h3-6,8,10-12H,7,9,13-14H2,1-2H3,(H,23,28). The molecular weight excluding hydrogens is 370 g/mol. The van der Waals surface area contributed by atoms with E-state index in [0.717, 1.165) is 29.0 Å². The maximum absolute atomic E-state index is 13.1. The predicted octanol–water partition coefficient (Wildman–Crippen LogP) is 2.44. The number of amides is 4. The maximum atomic E-state index is 13.1. The molecule has 7 heteroatoms. The van der Waals surface area contributed by atoms with Crippen LogP contribution in [0.15, 0.2) is 48.5 Å². The van der Waals surface area contributed by atoms with Gasteiger partial charge in [0.15, 0.2) is 0 Å². The number of imide groups is 1. The second-order valence-electron chi connectivity index (χ2n) is 7.43. The monoisotopic (exact) mass is 393 g/mol. The van der Waals surface area contributed by atoms with Gasteiger partial charge in [-0.15, -0.1) is 0 Å². The lowest BCUT2D eigenvalue weighted by Gasteiger charge is -2.31. The Morgan fingerprint density at radius 2 is 1.90 bits per heavy atom. The van der Waals surface area contributed by atoms with Gasteiger partial charge in [-0.1, -0.05) is 42.5 Å². The fourth-order valence-corrected chi connectivity index (χ4v) is 4.06. The lowest BCUT2D eigenvalue weighted by molar-refractivity contribution is -0.134. The summed E-state index contributed by atoms with van der Waals surface area (Å²) in [6.45, 7) is 1.86. The maximum Gasteiger partial charge on any atom is 0.325 e. The largest absolute Gasteiger partial charge is 0.495 e. The van der Waals surface area contributed by atoms with E-state index in [1.165, 1.54) is 0 Å². The Kier molecular flexibility index (Phi) is 4.74. The van der Waals surface area contributed by atoms with Gasteiger partial charge in [0.05, 0.1) is 12.8 Å². The van der Waals surface area contributed by atoms with Crippen molar-refractivity contribution in [2.45, 2.75) is 25.3 Å². The smallest absolute Gasteiger partial charge is 0.325 e. The number of methoxy groups -OCH3 is 1. The van der Waals surface area contributed by atoms with E-state index >= 15 is 0 Å². The summed E-state index contributed by atoms with van der Waals surface area (Å²) in [6.07, 6.45) is 1.67. The highest BCUT2D eigenvalue weighted by molar-refractivity contribution is 6.10. The number of carbonyl (C=O) groups excluding carboxylic acids is 3. The number of aryl methyl sites for hydroxylation is 1. The van der Waals surface area contributed by atoms with Gasteiger partial charge in [-0.05, 0) is 37.0 Å². The molecular formula is C22H23N3O4. The quantitative estimate of drug-likeness (QED) is 0.810. The van der Waals surface area contributed by atoms with Crippen LogP contribution in [-0.2, 0) is 21.5 Å². The van der Waals surface area contributed by atoms with Crippen LogP contribution in [0.3, 0.4) is 0 Å². The van der Waals surface area contributed by atoms with Crippen molar-refractivity contribution < 1.29 is 19.1 Å². The van der Waals surface area contributed by atoms with Gasteiger partial charge in [0, 0.05) is 6.54 Å². The van der Waals surface area contributed by atoms with Crippen molar-refractivity contribution in [2.24, 2.45) is 0 Å². The summed E-state index contributed by atoms with van der Waals surface area (Å²) < 4.78 is 5.44. The minimum atomic E-state index is -1.18. The molecule has 0 saturated carbocycles. The summed E-state index contributed by atoms with van der Waals surface area (Å²) in [4.78, 5) is 41.4. The molecule has 2 heterocycles. The molecule has 4 amide bonds. The number of rotatable bonds is 4. The molecule has 0 aliphatic carbocycles. The van der Waals surface area contributed by atoms with Crippen LogP contribution in [0.1, 0.15) is 24.5 Å². The summed E-state index contributed by atoms with van der Waals surface area (Å²) in [6, 6.07) is 14.2. The third-order valence-electron chi connectivity index (χ3n) is 5.62. The highest BCUT2D eigenvalue weighted by Gasteiger charge is 2.49. The van der Waals surface area contributed by atoms with Crippen molar-refractivity contribution in [1.82, 2.24) is 10.2 Å². The molecule has 1 unspecified atom stereocenters. The normalized spacial score (nSPS) is 21.0. The van der Waals surface area contributed by atoms with Crippen LogP contribution in [-0.4, -0.2) is 42.9 Å². The average molecular weight is 393 g/mol. The van der Waals surface area contributed by atoms with E-state index in [0.29, 0.717) is 17.9 Å². The van der Waals surface area contributed by atoms with E-state index in [1.807, 2.05) is 36.4 Å². The third-order valence-corrected chi connectivity index (χ3v) is 5.62. The van der Waals surface area contributed by atoms with Crippen LogP contribution >= 0.6 is 0 Å². The molecule has 2 aromatic carbocycles. The Bertz CT molecular complexity index is 961. The number of ether oxygens (including phenoxy) is 1. The molecule has 7 nitrogen and oxygen atoms in total. The zero-order chi connectivity index (χ0) is 20.6. The molecule has 0 radical (unpaired) electrons. The minimum Gasteiger partial charge on any atom is -0.495 e. The first-order valence-corrected chi connectivity index (χ1v) is 9.61. The lowest BCUT2D eigenvalue weighted by atomic mass is 9.92. The number of nitrogens with one attached hydrogen (secondary N) is 1. The van der Waals surface area contributed by atoms with Crippen molar-refractivity contribution >= 4 is 23.5 Å². The van der Waals surface area contributed by atoms with Gasteiger partial charge in [-0.3, -0.25) is 14.5 Å². The first-order chi connectivity index (χ1) is 14.0. The van der Waals surface area contributed by atoms with Gasteiger partial charge in [-0.2, -0.15) is 0 Å². The molecule has 4 rings (SSSR count). The Morgan fingerprint density at radius 3 is 2.62 bits per heavy atom. The summed E-state index contributed by atoms with van der Waals surface area (Å²) in [5, 5.41) is 2.74. The van der Waals surface area contributed by atoms with Gasteiger partial charge in [0.2, 0.25) is 5.91 Å². The molecule has 0 aromatic heterocycles. The van der Waals surface area contributed by atoms with Crippen molar-refractivity contribution in [1.29, 1.82) is 0 Å². The SMILES string of the molecule is COc1cccc2c1N(C(=O)CN1C(=O)NC(C)(c3ccccc3)C1=O)CCC2. The molecule has 2 aliphatic rings. The Balaban J connectivity index is 1.59. The van der Waals surface area contributed by atoms with Crippen molar-refractivity contribution in [3.63, 3.8) is 0 Å². The number of hydrogen-bond donors (Lipinski definition) is 1. The van der Waals surface area contributed by atoms with Gasteiger partial charge < -0.3 is 15.0 Å². The predicted molar refractivity (Wildman–Crippen MR) is 108 cm³/mol. The number of benzene rings is 2. The zero-order valence-corrected chi connectivity index (χ0v) is 16.5. The molecule has 150 valence electrons. The van der Waals surface area contributed by atoms with E-state index in [2.05, 4.69) is 5.32 Å². The topological polar surface area (TPSA) is 79.0 Å². The van der Waals surface area contributed by atoms with E-state index in [4.69, 9.17) is 4.74 Å². The van der Waals surface area contributed by atoms with Crippen LogP contribution in [0.4, 0.5) is 10.5 Å². The number of nitrogens with zero attached hydrogens (tertiary/aromatic N) is 2. The molecule has 1 saturated heterocycles. The fourth-order valence-electron chi connectivity index (χ4n) is 4.06. The molecule has 0 bridgehead atoms. The second kappa shape index (κ2) is 7.24. The number of carbonyl (C=O) groups is 3. The zero-order valence-electron chi connectivity index (χ0n) is 16.5. The number of fused-ring (bicyclic) bond motifs is 1. The summed E-state index contributed by atoms with van der Waals surface area (Å²) in [5.74, 6) is -0.127. The Labute approximate surface area is 169 Å². The Hall–Kier alpha value is -3.35. The minimum absolute atomic E-state index is 0.309. The molecule has 1 N–H and O–H groups in total. The van der Waals surface area contributed by atoms with Gasteiger partial charge >= 0.3 is 6.03 Å². The number of para-hydroxylation sites is 1. The molecule has 1 atom stereocenters.